The number of carbonyl (C=O) groups is 1. The van der Waals surface area contributed by atoms with Gasteiger partial charge in [0.05, 0.1) is 17.0 Å². The van der Waals surface area contributed by atoms with Gasteiger partial charge in [0.25, 0.3) is 5.91 Å². The zero-order chi connectivity index (χ0) is 12.0. The standard InChI is InChI=1S/C11H15BrN2O2/c1-8-3-4-9(5-13-8)11(15)14-6-10(12)7-16-2/h3-5,10H,6-7H2,1-2H3,(H,14,15). The van der Waals surface area contributed by atoms with Crippen LogP contribution in [0.1, 0.15) is 16.1 Å². The van der Waals surface area contributed by atoms with Crippen LogP contribution in [0.3, 0.4) is 0 Å². The second-order valence-electron chi connectivity index (χ2n) is 3.45. The van der Waals surface area contributed by atoms with Crippen LogP contribution in [-0.2, 0) is 4.74 Å². The summed E-state index contributed by atoms with van der Waals surface area (Å²) in [6.07, 6.45) is 1.57. The number of aryl methyl sites for hydroxylation is 1. The third-order valence-corrected chi connectivity index (χ3v) is 2.59. The fraction of sp³-hybridized carbons (Fsp3) is 0.455. The average Bonchev–Trinajstić information content (AvgIpc) is 2.27. The third kappa shape index (κ3) is 4.28. The molecule has 0 saturated carbocycles. The normalized spacial score (nSPS) is 12.2. The van der Waals surface area contributed by atoms with E-state index in [4.69, 9.17) is 4.74 Å². The molecule has 1 rings (SSSR count). The average molecular weight is 287 g/mol. The fourth-order valence-corrected chi connectivity index (χ4v) is 1.57. The minimum Gasteiger partial charge on any atom is -0.383 e. The largest absolute Gasteiger partial charge is 0.383 e. The van der Waals surface area contributed by atoms with Gasteiger partial charge in [0.15, 0.2) is 0 Å². The first-order chi connectivity index (χ1) is 7.63. The van der Waals surface area contributed by atoms with Gasteiger partial charge >= 0.3 is 0 Å². The van der Waals surface area contributed by atoms with E-state index in [1.807, 2.05) is 13.0 Å². The summed E-state index contributed by atoms with van der Waals surface area (Å²) in [5.41, 5.74) is 1.47. The molecule has 1 aromatic heterocycles. The van der Waals surface area contributed by atoms with E-state index in [-0.39, 0.29) is 10.7 Å². The highest BCUT2D eigenvalue weighted by molar-refractivity contribution is 9.09. The van der Waals surface area contributed by atoms with Gasteiger partial charge in [-0.15, -0.1) is 0 Å². The summed E-state index contributed by atoms with van der Waals surface area (Å²) in [4.78, 5) is 15.8. The lowest BCUT2D eigenvalue weighted by molar-refractivity contribution is 0.0949. The zero-order valence-corrected chi connectivity index (χ0v) is 11.0. The van der Waals surface area contributed by atoms with Crippen molar-refractivity contribution in [1.82, 2.24) is 10.3 Å². The number of carbonyl (C=O) groups excluding carboxylic acids is 1. The molecule has 16 heavy (non-hydrogen) atoms. The van der Waals surface area contributed by atoms with Gasteiger partial charge in [0.1, 0.15) is 0 Å². The van der Waals surface area contributed by atoms with Crippen LogP contribution in [0.2, 0.25) is 0 Å². The van der Waals surface area contributed by atoms with Gasteiger partial charge in [-0.1, -0.05) is 15.9 Å². The molecule has 0 aliphatic rings. The number of hydrogen-bond donors (Lipinski definition) is 1. The number of pyridine rings is 1. The monoisotopic (exact) mass is 286 g/mol. The molecule has 4 nitrogen and oxygen atoms in total. The number of halogens is 1. The van der Waals surface area contributed by atoms with Crippen molar-refractivity contribution in [3.8, 4) is 0 Å². The summed E-state index contributed by atoms with van der Waals surface area (Å²) in [5.74, 6) is -0.118. The molecule has 0 bridgehead atoms. The zero-order valence-electron chi connectivity index (χ0n) is 9.37. The molecule has 5 heteroatoms. The lowest BCUT2D eigenvalue weighted by Gasteiger charge is -2.09. The molecule has 0 aliphatic heterocycles. The van der Waals surface area contributed by atoms with Gasteiger partial charge in [0.2, 0.25) is 0 Å². The highest BCUT2D eigenvalue weighted by Gasteiger charge is 2.08. The summed E-state index contributed by atoms with van der Waals surface area (Å²) < 4.78 is 4.95. The Kier molecular flexibility index (Phi) is 5.42. The number of ether oxygens (including phenoxy) is 1. The van der Waals surface area contributed by atoms with Crippen molar-refractivity contribution >= 4 is 21.8 Å². The predicted molar refractivity (Wildman–Crippen MR) is 65.9 cm³/mol. The number of nitrogens with one attached hydrogen (secondary N) is 1. The topological polar surface area (TPSA) is 51.2 Å². The number of amides is 1. The SMILES string of the molecule is COCC(Br)CNC(=O)c1ccc(C)nc1. The van der Waals surface area contributed by atoms with E-state index >= 15 is 0 Å². The molecule has 0 aliphatic carbocycles. The van der Waals surface area contributed by atoms with Crippen molar-refractivity contribution in [3.63, 3.8) is 0 Å². The Hall–Kier alpha value is -0.940. The predicted octanol–water partition coefficient (Wildman–Crippen LogP) is 1.53. The number of nitrogens with zero attached hydrogens (tertiary/aromatic N) is 1. The smallest absolute Gasteiger partial charge is 0.252 e. The number of alkyl halides is 1. The van der Waals surface area contributed by atoms with Crippen molar-refractivity contribution in [2.45, 2.75) is 11.8 Å². The quantitative estimate of drug-likeness (QED) is 0.836. The summed E-state index contributed by atoms with van der Waals surface area (Å²) in [7, 11) is 1.62. The van der Waals surface area contributed by atoms with Gasteiger partial charge in [0, 0.05) is 25.5 Å². The second kappa shape index (κ2) is 6.60. The van der Waals surface area contributed by atoms with E-state index in [9.17, 15) is 4.79 Å². The Morgan fingerprint density at radius 1 is 1.62 bits per heavy atom. The number of aromatic nitrogens is 1. The van der Waals surface area contributed by atoms with E-state index in [2.05, 4.69) is 26.2 Å². The van der Waals surface area contributed by atoms with Gasteiger partial charge < -0.3 is 10.1 Å². The summed E-state index contributed by atoms with van der Waals surface area (Å²) >= 11 is 3.40. The molecule has 1 aromatic rings. The fourth-order valence-electron chi connectivity index (χ4n) is 1.15. The molecule has 1 unspecified atom stereocenters. The van der Waals surface area contributed by atoms with Gasteiger partial charge in [-0.2, -0.15) is 0 Å². The Labute approximate surface area is 104 Å². The molecule has 1 amide bonds. The molecular formula is C11H15BrN2O2. The number of methoxy groups -OCH3 is 1. The van der Waals surface area contributed by atoms with Crippen LogP contribution >= 0.6 is 15.9 Å². The van der Waals surface area contributed by atoms with Crippen molar-refractivity contribution in [2.24, 2.45) is 0 Å². The maximum absolute atomic E-state index is 11.7. The van der Waals surface area contributed by atoms with Crippen molar-refractivity contribution in [3.05, 3.63) is 29.6 Å². The molecule has 0 saturated heterocycles. The maximum atomic E-state index is 11.7. The van der Waals surface area contributed by atoms with Crippen LogP contribution in [0.25, 0.3) is 0 Å². The molecular weight excluding hydrogens is 272 g/mol. The van der Waals surface area contributed by atoms with E-state index in [1.165, 1.54) is 0 Å². The van der Waals surface area contributed by atoms with E-state index in [0.29, 0.717) is 18.7 Å². The first-order valence-corrected chi connectivity index (χ1v) is 5.89. The van der Waals surface area contributed by atoms with Crippen molar-refractivity contribution < 1.29 is 9.53 Å². The van der Waals surface area contributed by atoms with Crippen LogP contribution in [0.4, 0.5) is 0 Å². The first-order valence-electron chi connectivity index (χ1n) is 4.97. The lowest BCUT2D eigenvalue weighted by atomic mass is 10.2. The highest BCUT2D eigenvalue weighted by atomic mass is 79.9. The van der Waals surface area contributed by atoms with E-state index < -0.39 is 0 Å². The first kappa shape index (κ1) is 13.1. The van der Waals surface area contributed by atoms with E-state index in [0.717, 1.165) is 5.69 Å². The number of hydrogen-bond acceptors (Lipinski definition) is 3. The Morgan fingerprint density at radius 2 is 2.38 bits per heavy atom. The van der Waals surface area contributed by atoms with Crippen LogP contribution in [0, 0.1) is 6.92 Å². The van der Waals surface area contributed by atoms with Crippen LogP contribution < -0.4 is 5.32 Å². The van der Waals surface area contributed by atoms with Crippen LogP contribution in [0.5, 0.6) is 0 Å². The molecule has 1 atom stereocenters. The minimum atomic E-state index is -0.118. The van der Waals surface area contributed by atoms with Gasteiger partial charge in [-0.25, -0.2) is 0 Å². The van der Waals surface area contributed by atoms with Crippen molar-refractivity contribution in [1.29, 1.82) is 0 Å². The minimum absolute atomic E-state index is 0.118. The van der Waals surface area contributed by atoms with Gasteiger partial charge in [-0.3, -0.25) is 9.78 Å². The molecule has 0 fully saturated rings. The van der Waals surface area contributed by atoms with E-state index in [1.54, 1.807) is 19.4 Å². The summed E-state index contributed by atoms with van der Waals surface area (Å²) in [6, 6.07) is 3.58. The molecule has 0 spiro atoms. The number of rotatable bonds is 5. The van der Waals surface area contributed by atoms with Crippen molar-refractivity contribution in [2.75, 3.05) is 20.3 Å². The maximum Gasteiger partial charge on any atom is 0.252 e. The summed E-state index contributed by atoms with van der Waals surface area (Å²) in [5, 5.41) is 2.80. The molecule has 0 aromatic carbocycles. The molecule has 88 valence electrons. The Bertz CT molecular complexity index is 340. The molecule has 1 heterocycles. The van der Waals surface area contributed by atoms with Gasteiger partial charge in [-0.05, 0) is 19.1 Å². The highest BCUT2D eigenvalue weighted by Crippen LogP contribution is 2.01. The third-order valence-electron chi connectivity index (χ3n) is 2.01. The molecule has 0 radical (unpaired) electrons. The van der Waals surface area contributed by atoms with Crippen LogP contribution in [0.15, 0.2) is 18.3 Å². The molecule has 1 N–H and O–H groups in total. The Morgan fingerprint density at radius 3 is 2.94 bits per heavy atom. The lowest BCUT2D eigenvalue weighted by Crippen LogP contribution is -2.31. The Balaban J connectivity index is 2.43. The second-order valence-corrected chi connectivity index (χ2v) is 4.75. The summed E-state index contributed by atoms with van der Waals surface area (Å²) in [6.45, 7) is 2.97. The van der Waals surface area contributed by atoms with Crippen LogP contribution in [-0.4, -0.2) is 36.0 Å².